The first-order valence-corrected chi connectivity index (χ1v) is 3.65. The molecule has 0 aromatic carbocycles. The third kappa shape index (κ3) is 3.21. The van der Waals surface area contributed by atoms with Gasteiger partial charge in [0, 0.05) is 19.5 Å². The molecule has 0 aromatic heterocycles. The lowest BCUT2D eigenvalue weighted by Gasteiger charge is -2.34. The van der Waals surface area contributed by atoms with Crippen LogP contribution in [0.4, 0.5) is 4.39 Å². The van der Waals surface area contributed by atoms with E-state index in [0.29, 0.717) is 19.5 Å². The van der Waals surface area contributed by atoms with E-state index in [9.17, 15) is 4.39 Å². The summed E-state index contributed by atoms with van der Waals surface area (Å²) in [5.74, 6) is 0. The Morgan fingerprint density at radius 2 is 2.09 bits per heavy atom. The Labute approximate surface area is 73.5 Å². The second-order valence-corrected chi connectivity index (χ2v) is 3.24. The van der Waals surface area contributed by atoms with Crippen LogP contribution >= 0.6 is 12.4 Å². The van der Waals surface area contributed by atoms with Crippen molar-refractivity contribution in [1.29, 1.82) is 0 Å². The quantitative estimate of drug-likeness (QED) is 0.641. The number of hydrogen-bond donors (Lipinski definition) is 1. The summed E-state index contributed by atoms with van der Waals surface area (Å²) in [6, 6.07) is 0. The number of halogens is 2. The van der Waals surface area contributed by atoms with Crippen LogP contribution in [0.3, 0.4) is 0 Å². The van der Waals surface area contributed by atoms with E-state index in [4.69, 9.17) is 0 Å². The number of hydrogen-bond acceptors (Lipinski definition) is 1. The smallest absolute Gasteiger partial charge is 0.139 e. The van der Waals surface area contributed by atoms with Crippen LogP contribution in [-0.2, 0) is 0 Å². The van der Waals surface area contributed by atoms with Gasteiger partial charge in [-0.05, 0) is 13.8 Å². The predicted octanol–water partition coefficient (Wildman–Crippen LogP) is 2.08. The molecule has 0 amide bonds. The fourth-order valence-corrected chi connectivity index (χ4v) is 0.928. The van der Waals surface area contributed by atoms with E-state index in [-0.39, 0.29) is 12.4 Å². The molecule has 0 spiro atoms. The zero-order chi connectivity index (χ0) is 7.61. The van der Waals surface area contributed by atoms with Crippen LogP contribution in [0.2, 0.25) is 0 Å². The second kappa shape index (κ2) is 4.07. The molecule has 0 unspecified atom stereocenters. The fraction of sp³-hybridized carbons (Fsp3) is 0.750. The maximum absolute atomic E-state index is 13.2. The van der Waals surface area contributed by atoms with E-state index < -0.39 is 5.67 Å². The fourth-order valence-electron chi connectivity index (χ4n) is 0.928. The van der Waals surface area contributed by atoms with Gasteiger partial charge in [-0.25, -0.2) is 4.39 Å². The lowest BCUT2D eigenvalue weighted by Crippen LogP contribution is -2.55. The Bertz CT molecular complexity index is 148. The van der Waals surface area contributed by atoms with Gasteiger partial charge in [-0.1, -0.05) is 11.6 Å². The molecule has 1 saturated heterocycles. The SMILES string of the molecule is CC(C)=CCC1(F)CNC1.Cl. The Hall–Kier alpha value is -0.0800. The van der Waals surface area contributed by atoms with E-state index in [1.54, 1.807) is 0 Å². The summed E-state index contributed by atoms with van der Waals surface area (Å²) >= 11 is 0. The van der Waals surface area contributed by atoms with Crippen molar-refractivity contribution >= 4 is 12.4 Å². The molecule has 11 heavy (non-hydrogen) atoms. The summed E-state index contributed by atoms with van der Waals surface area (Å²) in [4.78, 5) is 0. The predicted molar refractivity (Wildman–Crippen MR) is 48.0 cm³/mol. The van der Waals surface area contributed by atoms with Gasteiger partial charge in [0.05, 0.1) is 0 Å². The molecule has 0 bridgehead atoms. The zero-order valence-corrected chi connectivity index (χ0v) is 7.80. The maximum atomic E-state index is 13.2. The highest BCUT2D eigenvalue weighted by molar-refractivity contribution is 5.85. The third-order valence-electron chi connectivity index (χ3n) is 1.76. The lowest BCUT2D eigenvalue weighted by atomic mass is 9.94. The summed E-state index contributed by atoms with van der Waals surface area (Å²) in [5.41, 5.74) is 0.265. The molecule has 1 heterocycles. The molecule has 0 saturated carbocycles. The van der Waals surface area contributed by atoms with Gasteiger partial charge in [-0.15, -0.1) is 12.4 Å². The van der Waals surface area contributed by atoms with Gasteiger partial charge >= 0.3 is 0 Å². The Morgan fingerprint density at radius 3 is 2.36 bits per heavy atom. The number of nitrogens with one attached hydrogen (secondary N) is 1. The largest absolute Gasteiger partial charge is 0.310 e. The molecule has 0 atom stereocenters. The minimum Gasteiger partial charge on any atom is -0.310 e. The van der Waals surface area contributed by atoms with Gasteiger partial charge < -0.3 is 5.32 Å². The molecule has 1 nitrogen and oxygen atoms in total. The van der Waals surface area contributed by atoms with Gasteiger partial charge in [-0.3, -0.25) is 0 Å². The zero-order valence-electron chi connectivity index (χ0n) is 6.98. The van der Waals surface area contributed by atoms with Crippen molar-refractivity contribution in [2.75, 3.05) is 13.1 Å². The maximum Gasteiger partial charge on any atom is 0.139 e. The summed E-state index contributed by atoms with van der Waals surface area (Å²) < 4.78 is 13.2. The Morgan fingerprint density at radius 1 is 1.55 bits per heavy atom. The molecule has 1 aliphatic rings. The average Bonchev–Trinajstić information content (AvgIpc) is 1.79. The van der Waals surface area contributed by atoms with Crippen LogP contribution < -0.4 is 5.32 Å². The van der Waals surface area contributed by atoms with E-state index >= 15 is 0 Å². The minimum atomic E-state index is -0.933. The Kier molecular flexibility index (Phi) is 4.04. The van der Waals surface area contributed by atoms with Crippen LogP contribution in [0.5, 0.6) is 0 Å². The monoisotopic (exact) mass is 179 g/mol. The molecule has 3 heteroatoms. The Balaban J connectivity index is 0.000001000. The summed E-state index contributed by atoms with van der Waals surface area (Å²) in [7, 11) is 0. The highest BCUT2D eigenvalue weighted by Crippen LogP contribution is 2.21. The van der Waals surface area contributed by atoms with E-state index in [2.05, 4.69) is 5.32 Å². The third-order valence-corrected chi connectivity index (χ3v) is 1.76. The van der Waals surface area contributed by atoms with Gasteiger partial charge in [0.15, 0.2) is 0 Å². The molecular formula is C8H15ClFN. The molecule has 1 fully saturated rings. The van der Waals surface area contributed by atoms with Gasteiger partial charge in [0.2, 0.25) is 0 Å². The summed E-state index contributed by atoms with van der Waals surface area (Å²) in [6.45, 7) is 5.04. The van der Waals surface area contributed by atoms with E-state index in [1.807, 2.05) is 19.9 Å². The van der Waals surface area contributed by atoms with Crippen molar-refractivity contribution < 1.29 is 4.39 Å². The van der Waals surface area contributed by atoms with Crippen LogP contribution in [0, 0.1) is 0 Å². The van der Waals surface area contributed by atoms with Crippen molar-refractivity contribution in [3.05, 3.63) is 11.6 Å². The average molecular weight is 180 g/mol. The standard InChI is InChI=1S/C8H14FN.ClH/c1-7(2)3-4-8(9)5-10-6-8;/h3,10H,4-6H2,1-2H3;1H. The summed E-state index contributed by atoms with van der Waals surface area (Å²) in [5, 5.41) is 2.92. The van der Waals surface area contributed by atoms with Gasteiger partial charge in [-0.2, -0.15) is 0 Å². The van der Waals surface area contributed by atoms with Crippen LogP contribution in [-0.4, -0.2) is 18.8 Å². The highest BCUT2D eigenvalue weighted by Gasteiger charge is 2.35. The molecule has 0 radical (unpaired) electrons. The van der Waals surface area contributed by atoms with E-state index in [0.717, 1.165) is 0 Å². The van der Waals surface area contributed by atoms with Crippen LogP contribution in [0.15, 0.2) is 11.6 Å². The molecular weight excluding hydrogens is 165 g/mol. The lowest BCUT2D eigenvalue weighted by molar-refractivity contribution is 0.0941. The van der Waals surface area contributed by atoms with Crippen molar-refractivity contribution in [2.24, 2.45) is 0 Å². The number of allylic oxidation sites excluding steroid dienone is 2. The molecule has 0 aliphatic carbocycles. The molecule has 0 aromatic rings. The normalized spacial score (nSPS) is 19.5. The van der Waals surface area contributed by atoms with Crippen molar-refractivity contribution in [3.63, 3.8) is 0 Å². The first-order valence-electron chi connectivity index (χ1n) is 3.65. The second-order valence-electron chi connectivity index (χ2n) is 3.24. The van der Waals surface area contributed by atoms with Gasteiger partial charge in [0.25, 0.3) is 0 Å². The van der Waals surface area contributed by atoms with Crippen molar-refractivity contribution in [3.8, 4) is 0 Å². The molecule has 1 rings (SSSR count). The number of rotatable bonds is 2. The van der Waals surface area contributed by atoms with Crippen LogP contribution in [0.25, 0.3) is 0 Å². The molecule has 66 valence electrons. The first-order chi connectivity index (χ1) is 4.62. The summed E-state index contributed by atoms with van der Waals surface area (Å²) in [6.07, 6.45) is 2.53. The van der Waals surface area contributed by atoms with Crippen molar-refractivity contribution in [1.82, 2.24) is 5.32 Å². The van der Waals surface area contributed by atoms with Gasteiger partial charge in [0.1, 0.15) is 5.67 Å². The molecule has 1 aliphatic heterocycles. The minimum absolute atomic E-state index is 0. The van der Waals surface area contributed by atoms with Crippen LogP contribution in [0.1, 0.15) is 20.3 Å². The molecule has 1 N–H and O–H groups in total. The topological polar surface area (TPSA) is 12.0 Å². The highest BCUT2D eigenvalue weighted by atomic mass is 35.5. The first kappa shape index (κ1) is 10.9. The van der Waals surface area contributed by atoms with Crippen molar-refractivity contribution in [2.45, 2.75) is 25.9 Å². The number of alkyl halides is 1. The van der Waals surface area contributed by atoms with E-state index in [1.165, 1.54) is 5.57 Å².